The summed E-state index contributed by atoms with van der Waals surface area (Å²) in [6.07, 6.45) is 2.27. The Balaban J connectivity index is 2.10. The Bertz CT molecular complexity index is 334. The molecule has 0 amide bonds. The molecular weight excluding hydrogens is 210 g/mol. The fourth-order valence-corrected chi connectivity index (χ4v) is 2.27. The minimum Gasteiger partial charge on any atom is -0.389 e. The van der Waals surface area contributed by atoms with Crippen LogP contribution in [0.2, 0.25) is 5.02 Å². The molecule has 1 saturated heterocycles. The van der Waals surface area contributed by atoms with Crippen LogP contribution in [-0.2, 0) is 6.42 Å². The number of hydrogen-bond acceptors (Lipinski definition) is 2. The second-order valence-corrected chi connectivity index (χ2v) is 4.65. The molecule has 1 heterocycles. The normalized spacial score (nSPS) is 20.1. The first-order valence-electron chi connectivity index (χ1n) is 5.36. The standard InChI is InChI=1S/C12H16ClNO/c13-11-4-2-1-3-10(11)9-12(15)5-7-14-8-6-12/h1-4,14-15H,5-9H2. The van der Waals surface area contributed by atoms with Gasteiger partial charge >= 0.3 is 0 Å². The average Bonchev–Trinajstić information content (AvgIpc) is 2.22. The minimum atomic E-state index is -0.573. The Morgan fingerprint density at radius 2 is 1.93 bits per heavy atom. The van der Waals surface area contributed by atoms with E-state index in [2.05, 4.69) is 5.32 Å². The van der Waals surface area contributed by atoms with Crippen molar-refractivity contribution < 1.29 is 5.11 Å². The fourth-order valence-electron chi connectivity index (χ4n) is 2.07. The van der Waals surface area contributed by atoms with Gasteiger partial charge in [0.25, 0.3) is 0 Å². The van der Waals surface area contributed by atoms with E-state index in [4.69, 9.17) is 11.6 Å². The summed E-state index contributed by atoms with van der Waals surface area (Å²) >= 11 is 6.08. The van der Waals surface area contributed by atoms with Gasteiger partial charge in [-0.15, -0.1) is 0 Å². The van der Waals surface area contributed by atoms with Gasteiger partial charge in [-0.1, -0.05) is 29.8 Å². The summed E-state index contributed by atoms with van der Waals surface area (Å²) in [6, 6.07) is 7.74. The summed E-state index contributed by atoms with van der Waals surface area (Å²) in [5, 5.41) is 14.4. The Morgan fingerprint density at radius 3 is 2.60 bits per heavy atom. The molecule has 0 aromatic heterocycles. The van der Waals surface area contributed by atoms with Gasteiger partial charge in [-0.2, -0.15) is 0 Å². The summed E-state index contributed by atoms with van der Waals surface area (Å²) in [7, 11) is 0. The lowest BCUT2D eigenvalue weighted by molar-refractivity contribution is 0.0109. The van der Waals surface area contributed by atoms with Gasteiger partial charge < -0.3 is 10.4 Å². The highest BCUT2D eigenvalue weighted by Crippen LogP contribution is 2.26. The van der Waals surface area contributed by atoms with Crippen molar-refractivity contribution >= 4 is 11.6 Å². The summed E-state index contributed by atoms with van der Waals surface area (Å²) < 4.78 is 0. The van der Waals surface area contributed by atoms with Gasteiger partial charge in [-0.25, -0.2) is 0 Å². The monoisotopic (exact) mass is 225 g/mol. The van der Waals surface area contributed by atoms with E-state index >= 15 is 0 Å². The van der Waals surface area contributed by atoms with Crippen molar-refractivity contribution in [2.45, 2.75) is 24.9 Å². The summed E-state index contributed by atoms with van der Waals surface area (Å²) in [6.45, 7) is 1.78. The van der Waals surface area contributed by atoms with Crippen molar-refractivity contribution in [2.24, 2.45) is 0 Å². The van der Waals surface area contributed by atoms with Crippen molar-refractivity contribution in [2.75, 3.05) is 13.1 Å². The van der Waals surface area contributed by atoms with E-state index in [1.54, 1.807) is 0 Å². The van der Waals surface area contributed by atoms with Crippen molar-refractivity contribution in [3.63, 3.8) is 0 Å². The second kappa shape index (κ2) is 4.52. The number of hydrogen-bond donors (Lipinski definition) is 2. The Hall–Kier alpha value is -0.570. The first-order chi connectivity index (χ1) is 7.20. The lowest BCUT2D eigenvalue weighted by atomic mass is 9.86. The van der Waals surface area contributed by atoms with E-state index in [1.165, 1.54) is 0 Å². The number of aliphatic hydroxyl groups is 1. The van der Waals surface area contributed by atoms with Crippen LogP contribution >= 0.6 is 11.6 Å². The van der Waals surface area contributed by atoms with Gasteiger partial charge in [0, 0.05) is 11.4 Å². The van der Waals surface area contributed by atoms with Crippen LogP contribution in [0.1, 0.15) is 18.4 Å². The fraction of sp³-hybridized carbons (Fsp3) is 0.500. The lowest BCUT2D eigenvalue weighted by Crippen LogP contribution is -2.43. The minimum absolute atomic E-state index is 0.573. The van der Waals surface area contributed by atoms with Crippen molar-refractivity contribution in [3.05, 3.63) is 34.9 Å². The zero-order chi connectivity index (χ0) is 10.7. The van der Waals surface area contributed by atoms with E-state index < -0.39 is 5.60 Å². The van der Waals surface area contributed by atoms with Crippen LogP contribution in [0.3, 0.4) is 0 Å². The van der Waals surface area contributed by atoms with Crippen LogP contribution < -0.4 is 5.32 Å². The molecule has 1 aliphatic rings. The molecule has 82 valence electrons. The highest BCUT2D eigenvalue weighted by molar-refractivity contribution is 6.31. The Kier molecular flexibility index (Phi) is 3.29. The van der Waals surface area contributed by atoms with Gasteiger partial charge in [-0.3, -0.25) is 0 Å². The predicted molar refractivity (Wildman–Crippen MR) is 62.2 cm³/mol. The van der Waals surface area contributed by atoms with Crippen molar-refractivity contribution in [1.29, 1.82) is 0 Å². The summed E-state index contributed by atoms with van der Waals surface area (Å²) in [5.41, 5.74) is 0.472. The molecule has 2 rings (SSSR count). The third kappa shape index (κ3) is 2.71. The number of benzene rings is 1. The van der Waals surface area contributed by atoms with Gasteiger partial charge in [0.2, 0.25) is 0 Å². The molecule has 0 spiro atoms. The summed E-state index contributed by atoms with van der Waals surface area (Å²) in [5.74, 6) is 0. The van der Waals surface area contributed by atoms with E-state index in [0.29, 0.717) is 6.42 Å². The lowest BCUT2D eigenvalue weighted by Gasteiger charge is -2.32. The molecule has 0 saturated carbocycles. The molecular formula is C12H16ClNO. The smallest absolute Gasteiger partial charge is 0.0712 e. The molecule has 0 unspecified atom stereocenters. The van der Waals surface area contributed by atoms with E-state index in [-0.39, 0.29) is 0 Å². The largest absolute Gasteiger partial charge is 0.389 e. The highest BCUT2D eigenvalue weighted by atomic mass is 35.5. The van der Waals surface area contributed by atoms with E-state index in [9.17, 15) is 5.11 Å². The highest BCUT2D eigenvalue weighted by Gasteiger charge is 2.29. The van der Waals surface area contributed by atoms with Gasteiger partial charge in [0.05, 0.1) is 5.60 Å². The van der Waals surface area contributed by atoms with Gasteiger partial charge in [0.1, 0.15) is 0 Å². The molecule has 1 aromatic rings. The van der Waals surface area contributed by atoms with Crippen LogP contribution in [0.25, 0.3) is 0 Å². The molecule has 3 heteroatoms. The zero-order valence-electron chi connectivity index (χ0n) is 8.67. The molecule has 0 atom stereocenters. The Labute approximate surface area is 95.3 Å². The van der Waals surface area contributed by atoms with Crippen molar-refractivity contribution in [1.82, 2.24) is 5.32 Å². The topological polar surface area (TPSA) is 32.3 Å². The zero-order valence-corrected chi connectivity index (χ0v) is 9.43. The molecule has 0 bridgehead atoms. The van der Waals surface area contributed by atoms with E-state index in [0.717, 1.165) is 36.5 Å². The van der Waals surface area contributed by atoms with E-state index in [1.807, 2.05) is 24.3 Å². The number of rotatable bonds is 2. The number of nitrogens with one attached hydrogen (secondary N) is 1. The SMILES string of the molecule is OC1(Cc2ccccc2Cl)CCNCC1. The molecule has 1 aromatic carbocycles. The Morgan fingerprint density at radius 1 is 1.27 bits per heavy atom. The molecule has 1 aliphatic heterocycles. The quantitative estimate of drug-likeness (QED) is 0.807. The van der Waals surface area contributed by atoms with Crippen LogP contribution in [0.5, 0.6) is 0 Å². The maximum atomic E-state index is 10.4. The molecule has 0 aliphatic carbocycles. The second-order valence-electron chi connectivity index (χ2n) is 4.24. The van der Waals surface area contributed by atoms with Gasteiger partial charge in [-0.05, 0) is 37.6 Å². The third-order valence-corrected chi connectivity index (χ3v) is 3.38. The van der Waals surface area contributed by atoms with Crippen LogP contribution in [0.15, 0.2) is 24.3 Å². The average molecular weight is 226 g/mol. The van der Waals surface area contributed by atoms with Crippen LogP contribution in [0, 0.1) is 0 Å². The molecule has 1 fully saturated rings. The maximum Gasteiger partial charge on any atom is 0.0712 e. The summed E-state index contributed by atoms with van der Waals surface area (Å²) in [4.78, 5) is 0. The molecule has 0 radical (unpaired) electrons. The first-order valence-corrected chi connectivity index (χ1v) is 5.74. The first kappa shape index (κ1) is 10.9. The third-order valence-electron chi connectivity index (χ3n) is 3.01. The van der Waals surface area contributed by atoms with Crippen molar-refractivity contribution in [3.8, 4) is 0 Å². The van der Waals surface area contributed by atoms with Crippen LogP contribution in [0.4, 0.5) is 0 Å². The molecule has 2 N–H and O–H groups in total. The number of piperidine rings is 1. The maximum absolute atomic E-state index is 10.4. The van der Waals surface area contributed by atoms with Crippen LogP contribution in [-0.4, -0.2) is 23.8 Å². The predicted octanol–water partition coefficient (Wildman–Crippen LogP) is 2.00. The molecule has 2 nitrogen and oxygen atoms in total. The van der Waals surface area contributed by atoms with Gasteiger partial charge in [0.15, 0.2) is 0 Å². The molecule has 15 heavy (non-hydrogen) atoms. The number of halogens is 1.